The Kier molecular flexibility index (Phi) is 4.18. The molecule has 26 heavy (non-hydrogen) atoms. The lowest BCUT2D eigenvalue weighted by Gasteiger charge is -2.05. The zero-order valence-electron chi connectivity index (χ0n) is 14.2. The molecule has 1 amide bonds. The van der Waals surface area contributed by atoms with Crippen LogP contribution in [0, 0.1) is 0 Å². The van der Waals surface area contributed by atoms with Gasteiger partial charge in [-0.2, -0.15) is 5.10 Å². The van der Waals surface area contributed by atoms with Gasteiger partial charge in [0.25, 0.3) is 0 Å². The molecule has 0 bridgehead atoms. The van der Waals surface area contributed by atoms with Crippen molar-refractivity contribution in [3.8, 4) is 11.3 Å². The summed E-state index contributed by atoms with van der Waals surface area (Å²) >= 11 is 0. The molecule has 0 saturated carbocycles. The second kappa shape index (κ2) is 6.79. The number of para-hydroxylation sites is 1. The van der Waals surface area contributed by atoms with E-state index in [4.69, 9.17) is 4.52 Å². The van der Waals surface area contributed by atoms with Gasteiger partial charge in [0.15, 0.2) is 5.58 Å². The smallest absolute Gasteiger partial charge is 0.226 e. The average molecular weight is 347 g/mol. The van der Waals surface area contributed by atoms with Gasteiger partial charge in [0.1, 0.15) is 5.69 Å². The Hall–Kier alpha value is -3.48. The fraction of sp³-hybridized carbons (Fsp3) is 0.158. The Morgan fingerprint density at radius 3 is 3.00 bits per heavy atom. The van der Waals surface area contributed by atoms with E-state index in [1.807, 2.05) is 49.6 Å². The highest BCUT2D eigenvalue weighted by Crippen LogP contribution is 2.18. The van der Waals surface area contributed by atoms with Crippen molar-refractivity contribution in [2.24, 2.45) is 7.05 Å². The summed E-state index contributed by atoms with van der Waals surface area (Å²) < 4.78 is 6.96. The third-order valence-electron chi connectivity index (χ3n) is 4.09. The summed E-state index contributed by atoms with van der Waals surface area (Å²) in [5.74, 6) is -0.108. The first kappa shape index (κ1) is 16.0. The van der Waals surface area contributed by atoms with Crippen molar-refractivity contribution in [3.63, 3.8) is 0 Å². The largest absolute Gasteiger partial charge is 0.356 e. The first-order valence-electron chi connectivity index (χ1n) is 8.23. The molecule has 4 rings (SSSR count). The molecule has 0 aliphatic heterocycles. The first-order chi connectivity index (χ1) is 12.7. The maximum Gasteiger partial charge on any atom is 0.226 e. The normalized spacial score (nSPS) is 11.0. The minimum absolute atomic E-state index is 0.108. The van der Waals surface area contributed by atoms with Crippen molar-refractivity contribution in [2.45, 2.75) is 13.0 Å². The maximum absolute atomic E-state index is 12.3. The highest BCUT2D eigenvalue weighted by atomic mass is 16.5. The number of carbonyl (C=O) groups is 1. The van der Waals surface area contributed by atoms with Crippen LogP contribution in [0.2, 0.25) is 0 Å². The Morgan fingerprint density at radius 1 is 1.27 bits per heavy atom. The van der Waals surface area contributed by atoms with Crippen molar-refractivity contribution in [3.05, 3.63) is 66.2 Å². The molecule has 0 fully saturated rings. The monoisotopic (exact) mass is 347 g/mol. The lowest BCUT2D eigenvalue weighted by Crippen LogP contribution is -2.24. The molecule has 0 atom stereocenters. The zero-order chi connectivity index (χ0) is 17.9. The van der Waals surface area contributed by atoms with Gasteiger partial charge in [-0.3, -0.25) is 14.5 Å². The molecule has 1 aromatic carbocycles. The molecular formula is C19H17N5O2. The molecule has 0 aliphatic rings. The van der Waals surface area contributed by atoms with Gasteiger partial charge in [-0.1, -0.05) is 17.3 Å². The Labute approximate surface area is 149 Å². The number of amides is 1. The van der Waals surface area contributed by atoms with Crippen molar-refractivity contribution < 1.29 is 9.32 Å². The lowest BCUT2D eigenvalue weighted by atomic mass is 10.1. The predicted molar refractivity (Wildman–Crippen MR) is 96.0 cm³/mol. The van der Waals surface area contributed by atoms with Crippen molar-refractivity contribution in [1.29, 1.82) is 0 Å². The number of aryl methyl sites for hydroxylation is 1. The Morgan fingerprint density at radius 2 is 2.15 bits per heavy atom. The summed E-state index contributed by atoms with van der Waals surface area (Å²) in [4.78, 5) is 16.6. The number of rotatable bonds is 5. The fourth-order valence-electron chi connectivity index (χ4n) is 2.78. The number of pyridine rings is 1. The van der Waals surface area contributed by atoms with Gasteiger partial charge in [0.05, 0.1) is 18.3 Å². The van der Waals surface area contributed by atoms with E-state index in [9.17, 15) is 4.79 Å². The standard InChI is InChI=1S/C19H17N5O2/c1-24-12-14(11-22-24)16-8-13(6-7-20-16)10-21-19(25)9-17-15-4-2-3-5-18(15)26-23-17/h2-8,11-12H,9-10H2,1H3,(H,21,25). The van der Waals surface area contributed by atoms with Crippen molar-refractivity contribution in [2.75, 3.05) is 0 Å². The Bertz CT molecular complexity index is 1070. The first-order valence-corrected chi connectivity index (χ1v) is 8.23. The number of hydrogen-bond acceptors (Lipinski definition) is 5. The molecule has 0 unspecified atom stereocenters. The Balaban J connectivity index is 1.41. The van der Waals surface area contributed by atoms with Gasteiger partial charge < -0.3 is 9.84 Å². The second-order valence-corrected chi connectivity index (χ2v) is 6.03. The van der Waals surface area contributed by atoms with E-state index >= 15 is 0 Å². The van der Waals surface area contributed by atoms with Crippen LogP contribution >= 0.6 is 0 Å². The summed E-state index contributed by atoms with van der Waals surface area (Å²) in [5, 5.41) is 11.9. The number of nitrogens with one attached hydrogen (secondary N) is 1. The summed E-state index contributed by atoms with van der Waals surface area (Å²) in [6.07, 6.45) is 5.58. The van der Waals surface area contributed by atoms with E-state index in [0.29, 0.717) is 17.8 Å². The van der Waals surface area contributed by atoms with Gasteiger partial charge >= 0.3 is 0 Å². The molecule has 7 heteroatoms. The highest BCUT2D eigenvalue weighted by molar-refractivity contribution is 5.86. The van der Waals surface area contributed by atoms with Gasteiger partial charge in [-0.15, -0.1) is 0 Å². The predicted octanol–water partition coefficient (Wildman–Crippen LogP) is 2.48. The van der Waals surface area contributed by atoms with Crippen LogP contribution in [0.5, 0.6) is 0 Å². The van der Waals surface area contributed by atoms with Crippen LogP contribution in [0.4, 0.5) is 0 Å². The molecule has 130 valence electrons. The fourth-order valence-corrected chi connectivity index (χ4v) is 2.78. The van der Waals surface area contributed by atoms with Crippen LogP contribution in [0.3, 0.4) is 0 Å². The molecule has 3 aromatic heterocycles. The van der Waals surface area contributed by atoms with Gasteiger partial charge in [0, 0.05) is 36.9 Å². The van der Waals surface area contributed by atoms with Crippen LogP contribution in [-0.4, -0.2) is 25.8 Å². The van der Waals surface area contributed by atoms with Gasteiger partial charge in [-0.05, 0) is 29.8 Å². The quantitative estimate of drug-likeness (QED) is 0.599. The van der Waals surface area contributed by atoms with E-state index < -0.39 is 0 Å². The molecule has 0 radical (unpaired) electrons. The lowest BCUT2D eigenvalue weighted by molar-refractivity contribution is -0.120. The summed E-state index contributed by atoms with van der Waals surface area (Å²) in [6, 6.07) is 11.3. The molecule has 3 heterocycles. The van der Waals surface area contributed by atoms with Gasteiger partial charge in [-0.25, -0.2) is 0 Å². The summed E-state index contributed by atoms with van der Waals surface area (Å²) in [5.41, 5.74) is 4.06. The van der Waals surface area contributed by atoms with E-state index in [1.54, 1.807) is 17.1 Å². The van der Waals surface area contributed by atoms with Gasteiger partial charge in [0.2, 0.25) is 5.91 Å². The molecular weight excluding hydrogens is 330 g/mol. The molecule has 1 N–H and O–H groups in total. The number of aromatic nitrogens is 4. The van der Waals surface area contributed by atoms with Crippen LogP contribution < -0.4 is 5.32 Å². The van der Waals surface area contributed by atoms with Crippen LogP contribution in [0.25, 0.3) is 22.2 Å². The van der Waals surface area contributed by atoms with E-state index in [0.717, 1.165) is 22.2 Å². The summed E-state index contributed by atoms with van der Waals surface area (Å²) in [7, 11) is 1.86. The molecule has 0 saturated heterocycles. The van der Waals surface area contributed by atoms with Crippen LogP contribution in [0.1, 0.15) is 11.3 Å². The van der Waals surface area contributed by atoms with Crippen LogP contribution in [-0.2, 0) is 24.8 Å². The zero-order valence-corrected chi connectivity index (χ0v) is 14.2. The minimum Gasteiger partial charge on any atom is -0.356 e. The number of carbonyl (C=O) groups excluding carboxylic acids is 1. The molecule has 0 spiro atoms. The molecule has 7 nitrogen and oxygen atoms in total. The van der Waals surface area contributed by atoms with Crippen LogP contribution in [0.15, 0.2) is 59.5 Å². The third kappa shape index (κ3) is 3.32. The van der Waals surface area contributed by atoms with E-state index in [-0.39, 0.29) is 12.3 Å². The highest BCUT2D eigenvalue weighted by Gasteiger charge is 2.12. The second-order valence-electron chi connectivity index (χ2n) is 6.03. The number of hydrogen-bond donors (Lipinski definition) is 1. The number of fused-ring (bicyclic) bond motifs is 1. The third-order valence-corrected chi connectivity index (χ3v) is 4.09. The summed E-state index contributed by atoms with van der Waals surface area (Å²) in [6.45, 7) is 0.421. The van der Waals surface area contributed by atoms with E-state index in [2.05, 4.69) is 20.6 Å². The molecule has 0 aliphatic carbocycles. The van der Waals surface area contributed by atoms with E-state index in [1.165, 1.54) is 0 Å². The number of benzene rings is 1. The van der Waals surface area contributed by atoms with Crippen molar-refractivity contribution in [1.82, 2.24) is 25.2 Å². The van der Waals surface area contributed by atoms with Crippen molar-refractivity contribution >= 4 is 16.9 Å². The minimum atomic E-state index is -0.108. The topological polar surface area (TPSA) is 85.8 Å². The SMILES string of the molecule is Cn1cc(-c2cc(CNC(=O)Cc3noc4ccccc34)ccn2)cn1. The molecule has 4 aromatic rings. The maximum atomic E-state index is 12.3. The average Bonchev–Trinajstić information content (AvgIpc) is 3.27. The number of nitrogens with zero attached hydrogens (tertiary/aromatic N) is 4.